The molecule has 0 atom stereocenters. The highest BCUT2D eigenvalue weighted by Gasteiger charge is 2.19. The molecule has 0 spiro atoms. The number of benzene rings is 3. The van der Waals surface area contributed by atoms with Crippen molar-refractivity contribution in [2.24, 2.45) is 10.5 Å². The topological polar surface area (TPSA) is 78.9 Å². The van der Waals surface area contributed by atoms with Crippen LogP contribution in [0.5, 0.6) is 11.5 Å². The Balaban J connectivity index is 1.64. The zero-order valence-electron chi connectivity index (χ0n) is 22.9. The van der Waals surface area contributed by atoms with Crippen molar-refractivity contribution in [1.82, 2.24) is 9.66 Å². The van der Waals surface area contributed by atoms with Crippen LogP contribution in [0.25, 0.3) is 33.5 Å². The lowest BCUT2D eigenvalue weighted by Crippen LogP contribution is -2.20. The molecule has 0 radical (unpaired) electrons. The van der Waals surface area contributed by atoms with Gasteiger partial charge >= 0.3 is 0 Å². The van der Waals surface area contributed by atoms with E-state index in [0.717, 1.165) is 21.0 Å². The van der Waals surface area contributed by atoms with Crippen molar-refractivity contribution in [2.75, 3.05) is 13.7 Å². The third-order valence-electron chi connectivity index (χ3n) is 6.16. The number of furan rings is 1. The molecule has 7 nitrogen and oxygen atoms in total. The van der Waals surface area contributed by atoms with Crippen molar-refractivity contribution in [2.45, 2.75) is 27.2 Å². The van der Waals surface area contributed by atoms with E-state index in [4.69, 9.17) is 18.9 Å². The van der Waals surface area contributed by atoms with Crippen LogP contribution >= 0.6 is 15.9 Å². The molecule has 0 aliphatic carbocycles. The van der Waals surface area contributed by atoms with E-state index in [2.05, 4.69) is 48.4 Å². The first-order valence-electron chi connectivity index (χ1n) is 12.9. The number of aromatic nitrogens is 2. The maximum atomic E-state index is 13.6. The molecular formula is C32H30BrN3O4. The molecule has 0 saturated carbocycles. The molecule has 0 fully saturated rings. The fraction of sp³-hybridized carbons (Fsp3) is 0.219. The van der Waals surface area contributed by atoms with Crippen LogP contribution in [-0.4, -0.2) is 29.6 Å². The first-order valence-corrected chi connectivity index (χ1v) is 13.7. The van der Waals surface area contributed by atoms with Crippen LogP contribution in [0, 0.1) is 5.41 Å². The van der Waals surface area contributed by atoms with Gasteiger partial charge in [-0.15, -0.1) is 6.58 Å². The smallest absolute Gasteiger partial charge is 0.282 e. The van der Waals surface area contributed by atoms with Crippen molar-refractivity contribution < 1.29 is 13.9 Å². The highest BCUT2D eigenvalue weighted by Crippen LogP contribution is 2.35. The first kappa shape index (κ1) is 27.4. The number of fused-ring (bicyclic) bond motifs is 2. The average Bonchev–Trinajstić information content (AvgIpc) is 3.34. The number of hydrogen-bond donors (Lipinski definition) is 0. The lowest BCUT2D eigenvalue weighted by Gasteiger charge is -2.22. The number of rotatable bonds is 8. The molecule has 3 aromatic carbocycles. The van der Waals surface area contributed by atoms with Gasteiger partial charge < -0.3 is 13.9 Å². The molecule has 40 heavy (non-hydrogen) atoms. The lowest BCUT2D eigenvalue weighted by atomic mass is 9.98. The Hall–Kier alpha value is -4.17. The summed E-state index contributed by atoms with van der Waals surface area (Å²) in [5, 5.41) is 5.95. The molecule has 8 heteroatoms. The van der Waals surface area contributed by atoms with E-state index in [-0.39, 0.29) is 11.0 Å². The molecule has 5 rings (SSSR count). The summed E-state index contributed by atoms with van der Waals surface area (Å²) >= 11 is 3.50. The van der Waals surface area contributed by atoms with Crippen LogP contribution in [0.3, 0.4) is 0 Å². The van der Waals surface area contributed by atoms with Gasteiger partial charge in [0.15, 0.2) is 17.3 Å². The van der Waals surface area contributed by atoms with Crippen LogP contribution in [0.15, 0.2) is 92.1 Å². The zero-order chi connectivity index (χ0) is 28.4. The molecule has 204 valence electrons. The quantitative estimate of drug-likeness (QED) is 0.135. The van der Waals surface area contributed by atoms with Gasteiger partial charge in [-0.1, -0.05) is 54.9 Å². The Bertz CT molecular complexity index is 1810. The minimum atomic E-state index is -0.304. The normalized spacial score (nSPS) is 11.9. The summed E-state index contributed by atoms with van der Waals surface area (Å²) in [6, 6.07) is 18.6. The van der Waals surface area contributed by atoms with Crippen LogP contribution in [0.2, 0.25) is 0 Å². The van der Waals surface area contributed by atoms with E-state index in [1.165, 1.54) is 4.68 Å². The van der Waals surface area contributed by atoms with Crippen molar-refractivity contribution in [3.05, 3.63) is 99.3 Å². The Kier molecular flexibility index (Phi) is 7.63. The van der Waals surface area contributed by atoms with E-state index < -0.39 is 0 Å². The highest BCUT2D eigenvalue weighted by molar-refractivity contribution is 9.10. The van der Waals surface area contributed by atoms with E-state index in [1.807, 2.05) is 48.5 Å². The van der Waals surface area contributed by atoms with Gasteiger partial charge in [-0.2, -0.15) is 9.78 Å². The Morgan fingerprint density at radius 3 is 2.67 bits per heavy atom. The molecule has 0 saturated heterocycles. The van der Waals surface area contributed by atoms with Crippen LogP contribution < -0.4 is 15.0 Å². The van der Waals surface area contributed by atoms with Crippen LogP contribution in [0.4, 0.5) is 0 Å². The van der Waals surface area contributed by atoms with Gasteiger partial charge in [0.05, 0.1) is 30.8 Å². The predicted molar refractivity (Wildman–Crippen MR) is 164 cm³/mol. The van der Waals surface area contributed by atoms with Gasteiger partial charge in [0.2, 0.25) is 5.82 Å². The van der Waals surface area contributed by atoms with Gasteiger partial charge in [0.1, 0.15) is 5.58 Å². The fourth-order valence-corrected chi connectivity index (χ4v) is 4.69. The molecule has 2 aromatic heterocycles. The van der Waals surface area contributed by atoms with Crippen LogP contribution in [0.1, 0.15) is 31.9 Å². The summed E-state index contributed by atoms with van der Waals surface area (Å²) in [5.41, 5.74) is 2.56. The van der Waals surface area contributed by atoms with E-state index in [0.29, 0.717) is 52.6 Å². The number of methoxy groups -OCH3 is 1. The molecule has 0 unspecified atom stereocenters. The number of para-hydroxylation sites is 1. The monoisotopic (exact) mass is 599 g/mol. The Labute approximate surface area is 240 Å². The van der Waals surface area contributed by atoms with Crippen molar-refractivity contribution in [3.63, 3.8) is 0 Å². The molecule has 2 heterocycles. The summed E-state index contributed by atoms with van der Waals surface area (Å²) in [5.74, 6) is 1.99. The molecule has 0 amide bonds. The van der Waals surface area contributed by atoms with E-state index in [1.54, 1.807) is 31.5 Å². The second-order valence-corrected chi connectivity index (χ2v) is 11.6. The minimum Gasteiger partial charge on any atom is -0.493 e. The molecular weight excluding hydrogens is 570 g/mol. The summed E-state index contributed by atoms with van der Waals surface area (Å²) in [6.45, 7) is 10.8. The minimum absolute atomic E-state index is 0.0238. The fourth-order valence-electron chi connectivity index (χ4n) is 4.31. The summed E-state index contributed by atoms with van der Waals surface area (Å²) in [7, 11) is 1.60. The molecule has 5 aromatic rings. The number of halogens is 1. The van der Waals surface area contributed by atoms with Gasteiger partial charge in [0, 0.05) is 15.4 Å². The van der Waals surface area contributed by atoms with Crippen molar-refractivity contribution in [3.8, 4) is 23.1 Å². The van der Waals surface area contributed by atoms with Gasteiger partial charge in [-0.3, -0.25) is 4.79 Å². The Morgan fingerprint density at radius 1 is 1.12 bits per heavy atom. The lowest BCUT2D eigenvalue weighted by molar-refractivity contribution is 0.190. The third kappa shape index (κ3) is 5.72. The van der Waals surface area contributed by atoms with Crippen molar-refractivity contribution in [1.29, 1.82) is 0 Å². The number of allylic oxidation sites excluding steroid dienone is 1. The highest BCUT2D eigenvalue weighted by atomic mass is 79.9. The number of ether oxygens (including phenoxy) is 2. The number of nitrogens with zero attached hydrogens (tertiary/aromatic N) is 3. The third-order valence-corrected chi connectivity index (χ3v) is 6.66. The maximum Gasteiger partial charge on any atom is 0.282 e. The molecule has 0 N–H and O–H groups in total. The predicted octanol–water partition coefficient (Wildman–Crippen LogP) is 7.62. The second kappa shape index (κ2) is 11.1. The second-order valence-electron chi connectivity index (χ2n) is 10.7. The molecule has 0 bridgehead atoms. The van der Waals surface area contributed by atoms with Crippen LogP contribution in [-0.2, 0) is 6.42 Å². The number of hydrogen-bond acceptors (Lipinski definition) is 6. The summed E-state index contributed by atoms with van der Waals surface area (Å²) in [4.78, 5) is 18.4. The maximum absolute atomic E-state index is 13.6. The van der Waals surface area contributed by atoms with E-state index in [9.17, 15) is 4.79 Å². The standard InChI is InChI=1S/C32H30BrN3O4/c1-6-9-21-14-20(15-27(38-5)29(21)39-19-32(2,3)4)18-34-36-30(35-25-11-8-7-10-24(25)31(36)37)28-17-22-16-23(33)12-13-26(22)40-28/h6-8,10-18H,1,9,19H2,2-5H3. The van der Waals surface area contributed by atoms with Crippen molar-refractivity contribution >= 4 is 44.0 Å². The largest absolute Gasteiger partial charge is 0.493 e. The molecule has 0 aliphatic rings. The van der Waals surface area contributed by atoms with E-state index >= 15 is 0 Å². The average molecular weight is 601 g/mol. The van der Waals surface area contributed by atoms with Gasteiger partial charge in [-0.05, 0) is 65.9 Å². The van der Waals surface area contributed by atoms with Gasteiger partial charge in [-0.25, -0.2) is 4.98 Å². The first-order chi connectivity index (χ1) is 19.2. The Morgan fingerprint density at radius 2 is 1.93 bits per heavy atom. The zero-order valence-corrected chi connectivity index (χ0v) is 24.5. The van der Waals surface area contributed by atoms with Gasteiger partial charge in [0.25, 0.3) is 5.56 Å². The summed E-state index contributed by atoms with van der Waals surface area (Å²) in [6.07, 6.45) is 4.01. The summed E-state index contributed by atoms with van der Waals surface area (Å²) < 4.78 is 20.2. The SMILES string of the molecule is C=CCc1cc(C=Nn2c(-c3cc4cc(Br)ccc4o3)nc3ccccc3c2=O)cc(OC)c1OCC(C)(C)C. The molecule has 0 aliphatic heterocycles.